The maximum atomic E-state index is 12.9. The van der Waals surface area contributed by atoms with Gasteiger partial charge >= 0.3 is 0 Å². The van der Waals surface area contributed by atoms with Crippen LogP contribution in [0.3, 0.4) is 0 Å². The Balaban J connectivity index is 1.79. The van der Waals surface area contributed by atoms with E-state index in [1.165, 1.54) is 18.2 Å². The van der Waals surface area contributed by atoms with Gasteiger partial charge in [0.2, 0.25) is 0 Å². The van der Waals surface area contributed by atoms with Gasteiger partial charge in [-0.3, -0.25) is 24.8 Å². The second-order valence-corrected chi connectivity index (χ2v) is 7.99. The van der Waals surface area contributed by atoms with Crippen molar-refractivity contribution in [2.24, 2.45) is 4.99 Å². The van der Waals surface area contributed by atoms with Crippen LogP contribution in [0, 0.1) is 10.1 Å². The molecule has 1 saturated heterocycles. The van der Waals surface area contributed by atoms with E-state index in [4.69, 9.17) is 0 Å². The fraction of sp³-hybridized carbons (Fsp3) is 0.238. The SMILES string of the molecule is CC1(C)CSC(=NCc2ccccc2)N1C(=O)/C=C/c1cccc([N+](=O)[O-])c1. The highest BCUT2D eigenvalue weighted by molar-refractivity contribution is 8.14. The third-order valence-electron chi connectivity index (χ3n) is 4.31. The molecule has 0 saturated carbocycles. The molecule has 0 aromatic heterocycles. The predicted molar refractivity (Wildman–Crippen MR) is 113 cm³/mol. The van der Waals surface area contributed by atoms with E-state index >= 15 is 0 Å². The first kappa shape index (κ1) is 19.8. The molecule has 2 aromatic rings. The van der Waals surface area contributed by atoms with Gasteiger partial charge in [0.25, 0.3) is 11.6 Å². The Morgan fingerprint density at radius 1 is 1.25 bits per heavy atom. The third kappa shape index (κ3) is 4.67. The van der Waals surface area contributed by atoms with Gasteiger partial charge in [-0.05, 0) is 31.1 Å². The minimum Gasteiger partial charge on any atom is -0.281 e. The maximum Gasteiger partial charge on any atom is 0.270 e. The van der Waals surface area contributed by atoms with E-state index in [0.717, 1.165) is 11.3 Å². The van der Waals surface area contributed by atoms with Gasteiger partial charge in [-0.1, -0.05) is 54.2 Å². The van der Waals surface area contributed by atoms with Crippen molar-refractivity contribution in [3.8, 4) is 0 Å². The zero-order valence-electron chi connectivity index (χ0n) is 15.7. The standard InChI is InChI=1S/C21H21N3O3S/c1-21(2)15-28-20(22-14-17-7-4-3-5-8-17)23(21)19(25)12-11-16-9-6-10-18(13-16)24(26)27/h3-13H,14-15H2,1-2H3/b12-11+,22-20?. The quantitative estimate of drug-likeness (QED) is 0.424. The molecule has 7 heteroatoms. The van der Waals surface area contributed by atoms with E-state index in [1.54, 1.807) is 34.9 Å². The molecule has 1 fully saturated rings. The molecule has 6 nitrogen and oxygen atoms in total. The summed E-state index contributed by atoms with van der Waals surface area (Å²) < 4.78 is 0. The Morgan fingerprint density at radius 2 is 2.00 bits per heavy atom. The summed E-state index contributed by atoms with van der Waals surface area (Å²) in [5.74, 6) is 0.574. The highest BCUT2D eigenvalue weighted by Gasteiger charge is 2.40. The fourth-order valence-corrected chi connectivity index (χ4v) is 4.10. The molecular weight excluding hydrogens is 374 g/mol. The fourth-order valence-electron chi connectivity index (χ4n) is 2.86. The molecule has 0 bridgehead atoms. The number of hydrogen-bond donors (Lipinski definition) is 0. The number of nitro groups is 1. The zero-order valence-corrected chi connectivity index (χ0v) is 16.6. The Labute approximate surface area is 168 Å². The van der Waals surface area contributed by atoms with E-state index in [0.29, 0.717) is 17.3 Å². The number of non-ortho nitro benzene ring substituents is 1. The van der Waals surface area contributed by atoms with Crippen LogP contribution in [0.4, 0.5) is 5.69 Å². The molecule has 0 aliphatic carbocycles. The summed E-state index contributed by atoms with van der Waals surface area (Å²) in [7, 11) is 0. The lowest BCUT2D eigenvalue weighted by atomic mass is 10.1. The maximum absolute atomic E-state index is 12.9. The molecular formula is C21H21N3O3S. The van der Waals surface area contributed by atoms with Crippen molar-refractivity contribution in [2.75, 3.05) is 5.75 Å². The number of benzene rings is 2. The van der Waals surface area contributed by atoms with Crippen LogP contribution in [0.2, 0.25) is 0 Å². The summed E-state index contributed by atoms with van der Waals surface area (Å²) in [5.41, 5.74) is 1.33. The highest BCUT2D eigenvalue weighted by Crippen LogP contribution is 2.33. The number of thioether (sulfide) groups is 1. The minimum absolute atomic E-state index is 0.00299. The van der Waals surface area contributed by atoms with Gasteiger partial charge in [-0.2, -0.15) is 0 Å². The van der Waals surface area contributed by atoms with Gasteiger partial charge in [0, 0.05) is 24.0 Å². The first-order valence-electron chi connectivity index (χ1n) is 8.85. The molecule has 0 spiro atoms. The van der Waals surface area contributed by atoms with Crippen LogP contribution in [-0.4, -0.2) is 32.2 Å². The van der Waals surface area contributed by atoms with Gasteiger partial charge < -0.3 is 0 Å². The number of nitrogens with zero attached hydrogens (tertiary/aromatic N) is 3. The molecule has 144 valence electrons. The van der Waals surface area contributed by atoms with Gasteiger partial charge in [-0.25, -0.2) is 0 Å². The predicted octanol–water partition coefficient (Wildman–Crippen LogP) is 4.52. The summed E-state index contributed by atoms with van der Waals surface area (Å²) in [6.45, 7) is 4.52. The first-order valence-corrected chi connectivity index (χ1v) is 9.83. The largest absolute Gasteiger partial charge is 0.281 e. The number of hydrogen-bond acceptors (Lipinski definition) is 5. The van der Waals surface area contributed by atoms with Crippen LogP contribution in [-0.2, 0) is 11.3 Å². The number of amidine groups is 1. The van der Waals surface area contributed by atoms with Crippen molar-refractivity contribution in [1.82, 2.24) is 4.90 Å². The number of nitro benzene ring substituents is 1. The first-order chi connectivity index (χ1) is 13.4. The normalized spacial score (nSPS) is 17.4. The average Bonchev–Trinajstić information content (AvgIpc) is 3.00. The van der Waals surface area contributed by atoms with Gasteiger partial charge in [0.15, 0.2) is 5.17 Å². The summed E-state index contributed by atoms with van der Waals surface area (Å²) in [6.07, 6.45) is 3.05. The summed E-state index contributed by atoms with van der Waals surface area (Å²) in [5, 5.41) is 11.6. The van der Waals surface area contributed by atoms with Crippen LogP contribution in [0.25, 0.3) is 6.08 Å². The zero-order chi connectivity index (χ0) is 20.1. The Morgan fingerprint density at radius 3 is 2.71 bits per heavy atom. The molecule has 28 heavy (non-hydrogen) atoms. The number of aliphatic imine (C=N–C) groups is 1. The van der Waals surface area contributed by atoms with Crippen molar-refractivity contribution >= 4 is 34.6 Å². The minimum atomic E-state index is -0.451. The second kappa shape index (κ2) is 8.39. The molecule has 1 amide bonds. The van der Waals surface area contributed by atoms with Crippen LogP contribution in [0.15, 0.2) is 65.7 Å². The van der Waals surface area contributed by atoms with Crippen molar-refractivity contribution < 1.29 is 9.72 Å². The molecule has 0 unspecified atom stereocenters. The van der Waals surface area contributed by atoms with Crippen molar-refractivity contribution in [1.29, 1.82) is 0 Å². The van der Waals surface area contributed by atoms with E-state index in [2.05, 4.69) is 4.99 Å². The van der Waals surface area contributed by atoms with Crippen LogP contribution >= 0.6 is 11.8 Å². The summed E-state index contributed by atoms with van der Waals surface area (Å²) >= 11 is 1.56. The molecule has 0 atom stereocenters. The van der Waals surface area contributed by atoms with Crippen molar-refractivity contribution in [3.05, 3.63) is 81.9 Å². The molecule has 3 rings (SSSR count). The molecule has 1 heterocycles. The Bertz CT molecular complexity index is 939. The highest BCUT2D eigenvalue weighted by atomic mass is 32.2. The number of rotatable bonds is 5. The summed E-state index contributed by atoms with van der Waals surface area (Å²) in [6, 6.07) is 16.1. The average molecular weight is 395 g/mol. The van der Waals surface area contributed by atoms with Gasteiger partial charge in [0.1, 0.15) is 0 Å². The lowest BCUT2D eigenvalue weighted by Gasteiger charge is -2.29. The van der Waals surface area contributed by atoms with Gasteiger partial charge in [-0.15, -0.1) is 0 Å². The monoisotopic (exact) mass is 395 g/mol. The summed E-state index contributed by atoms with van der Waals surface area (Å²) in [4.78, 5) is 29.7. The number of carbonyl (C=O) groups excluding carboxylic acids is 1. The lowest BCUT2D eigenvalue weighted by Crippen LogP contribution is -2.45. The van der Waals surface area contributed by atoms with Crippen LogP contribution in [0.5, 0.6) is 0 Å². The topological polar surface area (TPSA) is 75.8 Å². The molecule has 0 radical (unpaired) electrons. The third-order valence-corrected chi connectivity index (χ3v) is 5.73. The molecule has 0 N–H and O–H groups in total. The van der Waals surface area contributed by atoms with E-state index < -0.39 is 4.92 Å². The Hall–Kier alpha value is -2.93. The molecule has 1 aliphatic rings. The van der Waals surface area contributed by atoms with Crippen molar-refractivity contribution in [3.63, 3.8) is 0 Å². The van der Waals surface area contributed by atoms with E-state index in [-0.39, 0.29) is 17.1 Å². The smallest absolute Gasteiger partial charge is 0.270 e. The van der Waals surface area contributed by atoms with Crippen LogP contribution in [0.1, 0.15) is 25.0 Å². The van der Waals surface area contributed by atoms with Gasteiger partial charge in [0.05, 0.1) is 17.0 Å². The molecule has 1 aliphatic heterocycles. The van der Waals surface area contributed by atoms with Crippen LogP contribution < -0.4 is 0 Å². The van der Waals surface area contributed by atoms with E-state index in [9.17, 15) is 14.9 Å². The van der Waals surface area contributed by atoms with Crippen molar-refractivity contribution in [2.45, 2.75) is 25.9 Å². The van der Waals surface area contributed by atoms with E-state index in [1.807, 2.05) is 44.2 Å². The Kier molecular flexibility index (Phi) is 5.94. The molecule has 2 aromatic carbocycles. The second-order valence-electron chi connectivity index (χ2n) is 7.04. The lowest BCUT2D eigenvalue weighted by molar-refractivity contribution is -0.384. The number of amides is 1. The number of carbonyl (C=O) groups is 1.